The molecule has 1 N–H and O–H groups in total. The van der Waals surface area contributed by atoms with Crippen LogP contribution in [0.5, 0.6) is 17.2 Å². The lowest BCUT2D eigenvalue weighted by Gasteiger charge is -2.11. The zero-order valence-electron chi connectivity index (χ0n) is 18.2. The normalized spacial score (nSPS) is 10.6. The highest BCUT2D eigenvalue weighted by molar-refractivity contribution is 7.14. The first kappa shape index (κ1) is 22.8. The Morgan fingerprint density at radius 2 is 1.91 bits per heavy atom. The van der Waals surface area contributed by atoms with Crippen molar-refractivity contribution in [2.75, 3.05) is 19.0 Å². The average Bonchev–Trinajstić information content (AvgIpc) is 3.54. The summed E-state index contributed by atoms with van der Waals surface area (Å²) >= 11 is 2.88. The molecule has 2 aromatic heterocycles. The van der Waals surface area contributed by atoms with E-state index in [0.717, 1.165) is 29.1 Å². The summed E-state index contributed by atoms with van der Waals surface area (Å²) in [5.74, 6) is 1.58. The molecule has 0 radical (unpaired) electrons. The van der Waals surface area contributed by atoms with Gasteiger partial charge in [-0.2, -0.15) is 0 Å². The summed E-state index contributed by atoms with van der Waals surface area (Å²) in [7, 11) is 1.54. The van der Waals surface area contributed by atoms with E-state index in [4.69, 9.17) is 14.2 Å². The van der Waals surface area contributed by atoms with Crippen molar-refractivity contribution in [3.8, 4) is 28.5 Å². The molecule has 2 heterocycles. The third kappa shape index (κ3) is 5.88. The minimum atomic E-state index is -0.274. The van der Waals surface area contributed by atoms with Gasteiger partial charge >= 0.3 is 0 Å². The van der Waals surface area contributed by atoms with Crippen molar-refractivity contribution in [3.05, 3.63) is 70.0 Å². The summed E-state index contributed by atoms with van der Waals surface area (Å²) in [4.78, 5) is 21.5. The van der Waals surface area contributed by atoms with Gasteiger partial charge in [0.2, 0.25) is 0 Å². The first-order chi connectivity index (χ1) is 16.2. The summed E-state index contributed by atoms with van der Waals surface area (Å²) in [6, 6.07) is 12.8. The second-order valence-corrected chi connectivity index (χ2v) is 8.58. The maximum absolute atomic E-state index is 12.8. The Balaban J connectivity index is 1.40. The van der Waals surface area contributed by atoms with Gasteiger partial charge in [0, 0.05) is 21.9 Å². The van der Waals surface area contributed by atoms with Crippen LogP contribution in [0.15, 0.2) is 58.7 Å². The van der Waals surface area contributed by atoms with E-state index in [1.165, 1.54) is 22.7 Å². The molecule has 0 aliphatic rings. The first-order valence-corrected chi connectivity index (χ1v) is 12.2. The minimum absolute atomic E-state index is 0.274. The fourth-order valence-electron chi connectivity index (χ4n) is 2.96. The summed E-state index contributed by atoms with van der Waals surface area (Å²) in [6.07, 6.45) is 0.963. The number of methoxy groups -OCH3 is 1. The number of hydrogen-bond donors (Lipinski definition) is 1. The van der Waals surface area contributed by atoms with Crippen LogP contribution in [0.4, 0.5) is 5.13 Å². The number of hydrogen-bond acceptors (Lipinski definition) is 8. The number of ether oxygens (including phenoxy) is 3. The number of rotatable bonds is 10. The minimum Gasteiger partial charge on any atom is -0.494 e. The van der Waals surface area contributed by atoms with Crippen LogP contribution in [-0.4, -0.2) is 29.6 Å². The Kier molecular flexibility index (Phi) is 7.54. The predicted octanol–water partition coefficient (Wildman–Crippen LogP) is 5.90. The Bertz CT molecular complexity index is 1190. The van der Waals surface area contributed by atoms with Crippen molar-refractivity contribution >= 4 is 33.7 Å². The molecule has 2 aromatic carbocycles. The van der Waals surface area contributed by atoms with Crippen molar-refractivity contribution in [1.82, 2.24) is 9.97 Å². The van der Waals surface area contributed by atoms with Crippen LogP contribution in [0, 0.1) is 0 Å². The molecule has 0 fully saturated rings. The zero-order chi connectivity index (χ0) is 23.0. The number of thiazole rings is 2. The summed E-state index contributed by atoms with van der Waals surface area (Å²) < 4.78 is 16.8. The van der Waals surface area contributed by atoms with E-state index < -0.39 is 0 Å². The standard InChI is InChI=1S/C24H23N3O4S2/c1-3-10-30-19-7-4-16(5-8-19)20-14-33-24(26-20)27-23(28)17-6-9-21(22(11-17)29-2)31-12-18-13-32-15-25-18/h4-9,11,13-15H,3,10,12H2,1-2H3,(H,26,27,28). The first-order valence-electron chi connectivity index (χ1n) is 10.3. The molecule has 1 amide bonds. The van der Waals surface area contributed by atoms with Gasteiger partial charge in [-0.15, -0.1) is 22.7 Å². The van der Waals surface area contributed by atoms with Crippen LogP contribution < -0.4 is 19.5 Å². The quantitative estimate of drug-likeness (QED) is 0.304. The highest BCUT2D eigenvalue weighted by Crippen LogP contribution is 2.30. The fraction of sp³-hybridized carbons (Fsp3) is 0.208. The van der Waals surface area contributed by atoms with E-state index >= 15 is 0 Å². The molecule has 0 aliphatic heterocycles. The summed E-state index contributed by atoms with van der Waals surface area (Å²) in [6.45, 7) is 3.09. The lowest BCUT2D eigenvalue weighted by Crippen LogP contribution is -2.12. The summed E-state index contributed by atoms with van der Waals surface area (Å²) in [5, 5.41) is 7.20. The molecule has 7 nitrogen and oxygen atoms in total. The van der Waals surface area contributed by atoms with Gasteiger partial charge in [-0.1, -0.05) is 6.92 Å². The van der Waals surface area contributed by atoms with Crippen LogP contribution in [0.2, 0.25) is 0 Å². The number of carbonyl (C=O) groups is 1. The predicted molar refractivity (Wildman–Crippen MR) is 131 cm³/mol. The maximum atomic E-state index is 12.8. The molecular weight excluding hydrogens is 458 g/mol. The Morgan fingerprint density at radius 1 is 1.06 bits per heavy atom. The van der Waals surface area contributed by atoms with E-state index in [1.54, 1.807) is 30.8 Å². The van der Waals surface area contributed by atoms with E-state index in [9.17, 15) is 4.79 Å². The van der Waals surface area contributed by atoms with Gasteiger partial charge in [-0.25, -0.2) is 9.97 Å². The van der Waals surface area contributed by atoms with E-state index in [-0.39, 0.29) is 5.91 Å². The number of amides is 1. The molecule has 0 aliphatic carbocycles. The van der Waals surface area contributed by atoms with Crippen LogP contribution in [0.25, 0.3) is 11.3 Å². The van der Waals surface area contributed by atoms with Gasteiger partial charge in [0.25, 0.3) is 5.91 Å². The van der Waals surface area contributed by atoms with E-state index in [0.29, 0.717) is 35.4 Å². The van der Waals surface area contributed by atoms with Crippen molar-refractivity contribution in [2.24, 2.45) is 0 Å². The Hall–Kier alpha value is -3.43. The smallest absolute Gasteiger partial charge is 0.257 e. The molecule has 170 valence electrons. The Morgan fingerprint density at radius 3 is 2.64 bits per heavy atom. The molecular formula is C24H23N3O4S2. The third-order valence-electron chi connectivity index (χ3n) is 4.63. The van der Waals surface area contributed by atoms with Crippen molar-refractivity contribution < 1.29 is 19.0 Å². The van der Waals surface area contributed by atoms with E-state index in [1.807, 2.05) is 35.0 Å². The largest absolute Gasteiger partial charge is 0.494 e. The molecule has 9 heteroatoms. The summed E-state index contributed by atoms with van der Waals surface area (Å²) in [5.41, 5.74) is 4.79. The SMILES string of the molecule is CCCOc1ccc(-c2csc(NC(=O)c3ccc(OCc4cscn4)c(OC)c3)n2)cc1. The molecule has 0 bridgehead atoms. The molecule has 4 rings (SSSR count). The van der Waals surface area contributed by atoms with Crippen LogP contribution in [-0.2, 0) is 6.61 Å². The second kappa shape index (κ2) is 10.9. The van der Waals surface area contributed by atoms with Crippen LogP contribution in [0.3, 0.4) is 0 Å². The highest BCUT2D eigenvalue weighted by atomic mass is 32.1. The zero-order valence-corrected chi connectivity index (χ0v) is 19.9. The lowest BCUT2D eigenvalue weighted by atomic mass is 10.2. The number of carbonyl (C=O) groups excluding carboxylic acids is 1. The highest BCUT2D eigenvalue weighted by Gasteiger charge is 2.14. The topological polar surface area (TPSA) is 82.6 Å². The molecule has 0 atom stereocenters. The monoisotopic (exact) mass is 481 g/mol. The van der Waals surface area contributed by atoms with Crippen molar-refractivity contribution in [3.63, 3.8) is 0 Å². The fourth-order valence-corrected chi connectivity index (χ4v) is 4.22. The number of aromatic nitrogens is 2. The second-order valence-electron chi connectivity index (χ2n) is 7.00. The number of nitrogens with zero attached hydrogens (tertiary/aromatic N) is 2. The number of anilines is 1. The van der Waals surface area contributed by atoms with Crippen molar-refractivity contribution in [1.29, 1.82) is 0 Å². The van der Waals surface area contributed by atoms with Gasteiger partial charge in [0.05, 0.1) is 30.6 Å². The van der Waals surface area contributed by atoms with Gasteiger partial charge in [0.15, 0.2) is 16.6 Å². The molecule has 0 spiro atoms. The lowest BCUT2D eigenvalue weighted by molar-refractivity contribution is 0.102. The maximum Gasteiger partial charge on any atom is 0.257 e. The van der Waals surface area contributed by atoms with Gasteiger partial charge < -0.3 is 14.2 Å². The third-order valence-corrected chi connectivity index (χ3v) is 6.03. The van der Waals surface area contributed by atoms with Crippen LogP contribution in [0.1, 0.15) is 29.4 Å². The van der Waals surface area contributed by atoms with Crippen molar-refractivity contribution in [2.45, 2.75) is 20.0 Å². The molecule has 0 saturated carbocycles. The van der Waals surface area contributed by atoms with Gasteiger partial charge in [0.1, 0.15) is 12.4 Å². The van der Waals surface area contributed by atoms with Crippen LogP contribution >= 0.6 is 22.7 Å². The molecule has 0 saturated heterocycles. The average molecular weight is 482 g/mol. The molecule has 0 unspecified atom stereocenters. The van der Waals surface area contributed by atoms with Gasteiger partial charge in [-0.3, -0.25) is 10.1 Å². The molecule has 33 heavy (non-hydrogen) atoms. The number of benzene rings is 2. The molecule has 4 aromatic rings. The van der Waals surface area contributed by atoms with E-state index in [2.05, 4.69) is 22.2 Å². The number of nitrogens with one attached hydrogen (secondary N) is 1. The van der Waals surface area contributed by atoms with Gasteiger partial charge in [-0.05, 0) is 48.9 Å². The Labute approximate surface area is 200 Å².